The minimum absolute atomic E-state index is 0.388. The molecule has 2 N–H and O–H groups in total. The van der Waals surface area contributed by atoms with E-state index in [0.29, 0.717) is 17.6 Å². The van der Waals surface area contributed by atoms with Crippen LogP contribution in [0.25, 0.3) is 10.9 Å². The third-order valence-corrected chi connectivity index (χ3v) is 5.36. The topological polar surface area (TPSA) is 62.5 Å². The monoisotopic (exact) mass is 310 g/mol. The molecule has 5 nitrogen and oxygen atoms in total. The second-order valence-electron chi connectivity index (χ2n) is 6.63. The first-order valence-corrected chi connectivity index (χ1v) is 8.31. The van der Waals surface area contributed by atoms with Gasteiger partial charge in [-0.2, -0.15) is 0 Å². The number of carbonyl (C=O) groups excluding carboxylic acids is 1. The Morgan fingerprint density at radius 2 is 2.04 bits per heavy atom. The Morgan fingerprint density at radius 1 is 1.26 bits per heavy atom. The van der Waals surface area contributed by atoms with Crippen LogP contribution in [0.5, 0.6) is 0 Å². The number of hydrogen-bond donors (Lipinski definition) is 1. The lowest BCUT2D eigenvalue weighted by Crippen LogP contribution is -2.45. The van der Waals surface area contributed by atoms with Gasteiger partial charge in [0.05, 0.1) is 5.52 Å². The Bertz CT molecular complexity index is 760. The van der Waals surface area contributed by atoms with Gasteiger partial charge in [0.15, 0.2) is 0 Å². The number of likely N-dealkylation sites (N-methyl/N-ethyl adjacent to an activating group) is 1. The van der Waals surface area contributed by atoms with Crippen LogP contribution in [0.2, 0.25) is 0 Å². The van der Waals surface area contributed by atoms with Gasteiger partial charge >= 0.3 is 0 Å². The summed E-state index contributed by atoms with van der Waals surface area (Å²) in [6, 6.07) is 8.94. The van der Waals surface area contributed by atoms with E-state index in [9.17, 15) is 4.79 Å². The van der Waals surface area contributed by atoms with E-state index in [-0.39, 0.29) is 5.91 Å². The highest BCUT2D eigenvalue weighted by molar-refractivity contribution is 5.97. The summed E-state index contributed by atoms with van der Waals surface area (Å²) in [7, 11) is 0. The predicted molar refractivity (Wildman–Crippen MR) is 90.1 cm³/mol. The van der Waals surface area contributed by atoms with E-state index in [1.54, 1.807) is 6.07 Å². The molecule has 2 fully saturated rings. The van der Waals surface area contributed by atoms with E-state index in [4.69, 9.17) is 5.73 Å². The molecule has 0 unspecified atom stereocenters. The number of benzene rings is 1. The second kappa shape index (κ2) is 5.58. The fraction of sp³-hybridized carbons (Fsp3) is 0.444. The minimum Gasteiger partial charge on any atom is -0.366 e. The van der Waals surface area contributed by atoms with Crippen molar-refractivity contribution in [2.24, 2.45) is 5.73 Å². The number of primary amides is 1. The van der Waals surface area contributed by atoms with Crippen molar-refractivity contribution in [1.29, 1.82) is 0 Å². The number of rotatable bonds is 4. The number of aromatic nitrogens is 1. The summed E-state index contributed by atoms with van der Waals surface area (Å²) in [5.41, 5.74) is 8.12. The number of likely N-dealkylation sites (tertiary alicyclic amines) is 2. The van der Waals surface area contributed by atoms with Crippen LogP contribution in [-0.2, 0) is 6.54 Å². The van der Waals surface area contributed by atoms with E-state index in [1.165, 1.54) is 18.5 Å². The van der Waals surface area contributed by atoms with Crippen LogP contribution >= 0.6 is 0 Å². The molecule has 0 radical (unpaired) electrons. The molecule has 2 aromatic rings. The third kappa shape index (κ3) is 2.50. The highest BCUT2D eigenvalue weighted by Crippen LogP contribution is 2.32. The Kier molecular flexibility index (Phi) is 3.54. The van der Waals surface area contributed by atoms with Crippen molar-refractivity contribution in [3.8, 4) is 0 Å². The Balaban J connectivity index is 1.62. The molecule has 0 aliphatic carbocycles. The van der Waals surface area contributed by atoms with E-state index in [1.807, 2.05) is 18.3 Å². The normalized spacial score (nSPS) is 24.6. The molecule has 4 rings (SSSR count). The van der Waals surface area contributed by atoms with E-state index in [2.05, 4.69) is 27.8 Å². The number of nitrogens with zero attached hydrogens (tertiary/aromatic N) is 3. The maximum Gasteiger partial charge on any atom is 0.248 e. The fourth-order valence-electron chi connectivity index (χ4n) is 4.13. The lowest BCUT2D eigenvalue weighted by Gasteiger charge is -2.33. The largest absolute Gasteiger partial charge is 0.366 e. The summed E-state index contributed by atoms with van der Waals surface area (Å²) in [5.74, 6) is -0.388. The minimum atomic E-state index is -0.388. The first-order valence-electron chi connectivity index (χ1n) is 8.31. The van der Waals surface area contributed by atoms with Crippen LogP contribution in [-0.4, -0.2) is 52.4 Å². The zero-order valence-corrected chi connectivity index (χ0v) is 13.4. The van der Waals surface area contributed by atoms with Crippen molar-refractivity contribution in [1.82, 2.24) is 14.8 Å². The van der Waals surface area contributed by atoms with Crippen LogP contribution in [0.4, 0.5) is 0 Å². The predicted octanol–water partition coefficient (Wildman–Crippen LogP) is 1.61. The molecule has 1 amide bonds. The molecule has 2 aliphatic rings. The standard InChI is InChI=1S/C18H22N4O/c1-2-21-10-15-8-14(21)11-22(15)9-13-5-6-20-17-4-3-12(18(19)23)7-16(13)17/h3-7,14-15H,2,8-11H2,1H3,(H2,19,23)/t14-,15-/m0/s1. The smallest absolute Gasteiger partial charge is 0.248 e. The van der Waals surface area contributed by atoms with Crippen LogP contribution < -0.4 is 5.73 Å². The van der Waals surface area contributed by atoms with Gasteiger partial charge in [-0.05, 0) is 42.8 Å². The van der Waals surface area contributed by atoms with Gasteiger partial charge < -0.3 is 5.73 Å². The summed E-state index contributed by atoms with van der Waals surface area (Å²) >= 11 is 0. The number of fused-ring (bicyclic) bond motifs is 3. The van der Waals surface area contributed by atoms with Crippen molar-refractivity contribution in [2.75, 3.05) is 19.6 Å². The summed E-state index contributed by atoms with van der Waals surface area (Å²) in [6.07, 6.45) is 3.14. The average Bonchev–Trinajstić information content (AvgIpc) is 3.14. The molecule has 23 heavy (non-hydrogen) atoms. The zero-order valence-electron chi connectivity index (χ0n) is 13.4. The quantitative estimate of drug-likeness (QED) is 0.932. The Hall–Kier alpha value is -1.98. The Labute approximate surface area is 136 Å². The molecule has 2 saturated heterocycles. The molecular formula is C18H22N4O. The van der Waals surface area contributed by atoms with Crippen LogP contribution in [0.15, 0.2) is 30.5 Å². The molecule has 0 saturated carbocycles. The van der Waals surface area contributed by atoms with Gasteiger partial charge in [-0.3, -0.25) is 19.6 Å². The lowest BCUT2D eigenvalue weighted by atomic mass is 10.0. The molecule has 0 spiro atoms. The van der Waals surface area contributed by atoms with E-state index < -0.39 is 0 Å². The molecular weight excluding hydrogens is 288 g/mol. The first-order chi connectivity index (χ1) is 11.2. The van der Waals surface area contributed by atoms with Gasteiger partial charge in [0.2, 0.25) is 5.91 Å². The number of nitrogens with two attached hydrogens (primary N) is 1. The maximum absolute atomic E-state index is 11.5. The van der Waals surface area contributed by atoms with Gasteiger partial charge in [-0.25, -0.2) is 0 Å². The summed E-state index contributed by atoms with van der Waals surface area (Å²) in [5, 5.41) is 1.04. The van der Waals surface area contributed by atoms with Crippen LogP contribution in [0.3, 0.4) is 0 Å². The first kappa shape index (κ1) is 14.6. The molecule has 120 valence electrons. The molecule has 2 atom stereocenters. The average molecular weight is 310 g/mol. The van der Waals surface area contributed by atoms with Crippen molar-refractivity contribution < 1.29 is 4.79 Å². The van der Waals surface area contributed by atoms with Gasteiger partial charge in [-0.1, -0.05) is 6.92 Å². The third-order valence-electron chi connectivity index (χ3n) is 5.36. The summed E-state index contributed by atoms with van der Waals surface area (Å²) in [6.45, 7) is 6.62. The van der Waals surface area contributed by atoms with Gasteiger partial charge in [0.25, 0.3) is 0 Å². The number of carbonyl (C=O) groups is 1. The molecule has 2 aliphatic heterocycles. The summed E-state index contributed by atoms with van der Waals surface area (Å²) in [4.78, 5) is 21.0. The summed E-state index contributed by atoms with van der Waals surface area (Å²) < 4.78 is 0. The van der Waals surface area contributed by atoms with E-state index in [0.717, 1.165) is 30.5 Å². The molecule has 1 aromatic carbocycles. The molecule has 1 aromatic heterocycles. The van der Waals surface area contributed by atoms with Gasteiger partial charge in [0.1, 0.15) is 0 Å². The van der Waals surface area contributed by atoms with E-state index >= 15 is 0 Å². The lowest BCUT2D eigenvalue weighted by molar-refractivity contribution is 0.100. The molecule has 3 heterocycles. The van der Waals surface area contributed by atoms with Crippen molar-refractivity contribution >= 4 is 16.8 Å². The van der Waals surface area contributed by atoms with Crippen molar-refractivity contribution in [2.45, 2.75) is 32.0 Å². The highest BCUT2D eigenvalue weighted by Gasteiger charge is 2.42. The van der Waals surface area contributed by atoms with Crippen LogP contribution in [0.1, 0.15) is 29.3 Å². The highest BCUT2D eigenvalue weighted by atomic mass is 16.1. The number of piperazine rings is 1. The molecule has 2 bridgehead atoms. The van der Waals surface area contributed by atoms with Gasteiger partial charge in [-0.15, -0.1) is 0 Å². The number of amides is 1. The number of hydrogen-bond acceptors (Lipinski definition) is 4. The second-order valence-corrected chi connectivity index (χ2v) is 6.63. The zero-order chi connectivity index (χ0) is 16.0. The Morgan fingerprint density at radius 3 is 2.74 bits per heavy atom. The van der Waals surface area contributed by atoms with Crippen molar-refractivity contribution in [3.05, 3.63) is 41.6 Å². The molecule has 5 heteroatoms. The maximum atomic E-state index is 11.5. The SMILES string of the molecule is CCN1C[C@@H]2C[C@H]1CN2Cc1ccnc2ccc(C(N)=O)cc12. The van der Waals surface area contributed by atoms with Gasteiger partial charge in [0, 0.05) is 48.9 Å². The number of pyridine rings is 1. The fourth-order valence-corrected chi connectivity index (χ4v) is 4.13. The van der Waals surface area contributed by atoms with Crippen molar-refractivity contribution in [3.63, 3.8) is 0 Å². The van der Waals surface area contributed by atoms with Crippen LogP contribution in [0, 0.1) is 0 Å².